The van der Waals surface area contributed by atoms with Gasteiger partial charge in [0.1, 0.15) is 0 Å². The summed E-state index contributed by atoms with van der Waals surface area (Å²) in [5, 5.41) is 2.31. The standard InChI is InChI=1S/C11H11NS2/c1-6-5-13-9-3-2-8-7(11(6)9)4-10(12)14-8/h2-4,6H,5,12H2,1H3. The fraction of sp³-hybridized carbons (Fsp3) is 0.273. The first kappa shape index (κ1) is 8.62. The second-order valence-electron chi connectivity index (χ2n) is 3.75. The molecular weight excluding hydrogens is 210 g/mol. The number of nitrogens with two attached hydrogens (primary N) is 1. The van der Waals surface area contributed by atoms with Crippen LogP contribution in [0.15, 0.2) is 23.1 Å². The van der Waals surface area contributed by atoms with Crippen LogP contribution in [-0.4, -0.2) is 5.75 Å². The van der Waals surface area contributed by atoms with Crippen LogP contribution in [-0.2, 0) is 0 Å². The molecule has 72 valence electrons. The Morgan fingerprint density at radius 3 is 3.14 bits per heavy atom. The molecule has 2 aromatic rings. The van der Waals surface area contributed by atoms with E-state index in [0.29, 0.717) is 5.92 Å². The molecule has 0 radical (unpaired) electrons. The van der Waals surface area contributed by atoms with Gasteiger partial charge >= 0.3 is 0 Å². The fourth-order valence-corrected chi connectivity index (χ4v) is 4.14. The normalized spacial score (nSPS) is 20.2. The molecule has 1 unspecified atom stereocenters. The third-order valence-corrected chi connectivity index (χ3v) is 4.97. The van der Waals surface area contributed by atoms with E-state index in [1.165, 1.54) is 26.3 Å². The summed E-state index contributed by atoms with van der Waals surface area (Å²) in [6.07, 6.45) is 0. The largest absolute Gasteiger partial charge is 0.391 e. The van der Waals surface area contributed by atoms with Crippen molar-refractivity contribution in [3.63, 3.8) is 0 Å². The van der Waals surface area contributed by atoms with Crippen molar-refractivity contribution in [3.05, 3.63) is 23.8 Å². The van der Waals surface area contributed by atoms with Crippen LogP contribution in [0.3, 0.4) is 0 Å². The zero-order valence-electron chi connectivity index (χ0n) is 7.91. The molecule has 3 rings (SSSR count). The Bertz CT molecular complexity index is 501. The SMILES string of the molecule is CC1CSc2ccc3sc(N)cc3c21. The van der Waals surface area contributed by atoms with Gasteiger partial charge in [0.25, 0.3) is 0 Å². The lowest BCUT2D eigenvalue weighted by molar-refractivity contribution is 0.894. The number of anilines is 1. The maximum Gasteiger partial charge on any atom is 0.0868 e. The van der Waals surface area contributed by atoms with E-state index < -0.39 is 0 Å². The van der Waals surface area contributed by atoms with E-state index in [1.807, 2.05) is 11.8 Å². The Morgan fingerprint density at radius 2 is 2.29 bits per heavy atom. The van der Waals surface area contributed by atoms with Crippen LogP contribution in [0, 0.1) is 0 Å². The average molecular weight is 221 g/mol. The minimum Gasteiger partial charge on any atom is -0.391 e. The van der Waals surface area contributed by atoms with E-state index >= 15 is 0 Å². The second kappa shape index (κ2) is 2.91. The number of fused-ring (bicyclic) bond motifs is 3. The molecule has 1 atom stereocenters. The van der Waals surface area contributed by atoms with Crippen molar-refractivity contribution in [1.82, 2.24) is 0 Å². The van der Waals surface area contributed by atoms with Gasteiger partial charge in [-0.3, -0.25) is 0 Å². The van der Waals surface area contributed by atoms with Crippen LogP contribution in [0.4, 0.5) is 5.00 Å². The average Bonchev–Trinajstić information content (AvgIpc) is 2.68. The van der Waals surface area contributed by atoms with Gasteiger partial charge in [-0.15, -0.1) is 23.1 Å². The molecule has 14 heavy (non-hydrogen) atoms. The molecule has 1 nitrogen and oxygen atoms in total. The van der Waals surface area contributed by atoms with Gasteiger partial charge < -0.3 is 5.73 Å². The quantitative estimate of drug-likeness (QED) is 0.734. The number of hydrogen-bond acceptors (Lipinski definition) is 3. The van der Waals surface area contributed by atoms with E-state index in [0.717, 1.165) is 5.00 Å². The maximum absolute atomic E-state index is 5.84. The molecule has 1 aromatic heterocycles. The molecule has 1 aliphatic heterocycles. The summed E-state index contributed by atoms with van der Waals surface area (Å²) in [7, 11) is 0. The lowest BCUT2D eigenvalue weighted by Gasteiger charge is -2.04. The van der Waals surface area contributed by atoms with Crippen molar-refractivity contribution in [2.45, 2.75) is 17.7 Å². The summed E-state index contributed by atoms with van der Waals surface area (Å²) in [6.45, 7) is 2.30. The first-order valence-electron chi connectivity index (χ1n) is 4.70. The van der Waals surface area contributed by atoms with E-state index in [2.05, 4.69) is 25.1 Å². The molecule has 0 saturated carbocycles. The first-order chi connectivity index (χ1) is 6.75. The van der Waals surface area contributed by atoms with Gasteiger partial charge in [0.2, 0.25) is 0 Å². The summed E-state index contributed by atoms with van der Waals surface area (Å²) in [6, 6.07) is 6.56. The topological polar surface area (TPSA) is 26.0 Å². The number of benzene rings is 1. The van der Waals surface area contributed by atoms with Crippen LogP contribution >= 0.6 is 23.1 Å². The second-order valence-corrected chi connectivity index (χ2v) is 5.93. The molecule has 3 heteroatoms. The number of thioether (sulfide) groups is 1. The van der Waals surface area contributed by atoms with Crippen LogP contribution in [0.5, 0.6) is 0 Å². The van der Waals surface area contributed by atoms with Crippen LogP contribution in [0.1, 0.15) is 18.4 Å². The molecule has 1 aliphatic rings. The van der Waals surface area contributed by atoms with Gasteiger partial charge in [0.15, 0.2) is 0 Å². The molecule has 0 aliphatic carbocycles. The van der Waals surface area contributed by atoms with Crippen molar-refractivity contribution in [1.29, 1.82) is 0 Å². The van der Waals surface area contributed by atoms with Crippen molar-refractivity contribution in [2.24, 2.45) is 0 Å². The highest BCUT2D eigenvalue weighted by atomic mass is 32.2. The Balaban J connectivity index is 2.40. The molecule has 2 N–H and O–H groups in total. The Kier molecular flexibility index (Phi) is 1.79. The molecule has 0 saturated heterocycles. The van der Waals surface area contributed by atoms with Crippen molar-refractivity contribution >= 4 is 38.2 Å². The summed E-state index contributed by atoms with van der Waals surface area (Å²) >= 11 is 3.65. The van der Waals surface area contributed by atoms with Gasteiger partial charge in [-0.05, 0) is 35.1 Å². The minimum atomic E-state index is 0.674. The molecule has 0 amide bonds. The lowest BCUT2D eigenvalue weighted by atomic mass is 10.00. The van der Waals surface area contributed by atoms with E-state index in [9.17, 15) is 0 Å². The number of hydrogen-bond donors (Lipinski definition) is 1. The van der Waals surface area contributed by atoms with Gasteiger partial charge in [0, 0.05) is 15.3 Å². The van der Waals surface area contributed by atoms with Crippen LogP contribution < -0.4 is 5.73 Å². The highest BCUT2D eigenvalue weighted by Crippen LogP contribution is 2.45. The van der Waals surface area contributed by atoms with E-state index in [4.69, 9.17) is 5.73 Å². The van der Waals surface area contributed by atoms with Crippen molar-refractivity contribution in [3.8, 4) is 0 Å². The zero-order chi connectivity index (χ0) is 9.71. The molecule has 1 aromatic carbocycles. The summed E-state index contributed by atoms with van der Waals surface area (Å²) in [4.78, 5) is 1.45. The molecular formula is C11H11NS2. The van der Waals surface area contributed by atoms with Gasteiger partial charge in [-0.1, -0.05) is 6.92 Å². The first-order valence-corrected chi connectivity index (χ1v) is 6.50. The zero-order valence-corrected chi connectivity index (χ0v) is 9.54. The Hall–Kier alpha value is -0.670. The summed E-state index contributed by atoms with van der Waals surface area (Å²) < 4.78 is 1.33. The molecule has 0 fully saturated rings. The smallest absolute Gasteiger partial charge is 0.0868 e. The minimum absolute atomic E-state index is 0.674. The van der Waals surface area contributed by atoms with Crippen LogP contribution in [0.25, 0.3) is 10.1 Å². The van der Waals surface area contributed by atoms with E-state index in [-0.39, 0.29) is 0 Å². The van der Waals surface area contributed by atoms with Crippen molar-refractivity contribution in [2.75, 3.05) is 11.5 Å². The molecule has 0 bridgehead atoms. The third kappa shape index (κ3) is 1.09. The molecule has 0 spiro atoms. The summed E-state index contributed by atoms with van der Waals surface area (Å²) in [5.41, 5.74) is 7.36. The number of thiophene rings is 1. The monoisotopic (exact) mass is 221 g/mol. The number of nitrogen functional groups attached to an aromatic ring is 1. The van der Waals surface area contributed by atoms with Crippen LogP contribution in [0.2, 0.25) is 0 Å². The van der Waals surface area contributed by atoms with Gasteiger partial charge in [-0.2, -0.15) is 0 Å². The molecule has 2 heterocycles. The van der Waals surface area contributed by atoms with Gasteiger partial charge in [0.05, 0.1) is 5.00 Å². The maximum atomic E-state index is 5.84. The van der Waals surface area contributed by atoms with E-state index in [1.54, 1.807) is 11.3 Å². The highest BCUT2D eigenvalue weighted by molar-refractivity contribution is 7.99. The van der Waals surface area contributed by atoms with Crippen molar-refractivity contribution < 1.29 is 0 Å². The highest BCUT2D eigenvalue weighted by Gasteiger charge is 2.22. The third-order valence-electron chi connectivity index (χ3n) is 2.70. The Labute approximate surface area is 91.3 Å². The lowest BCUT2D eigenvalue weighted by Crippen LogP contribution is -1.89. The fourth-order valence-electron chi connectivity index (χ4n) is 2.07. The summed E-state index contributed by atoms with van der Waals surface area (Å²) in [5.74, 6) is 1.89. The predicted molar refractivity (Wildman–Crippen MR) is 65.4 cm³/mol. The predicted octanol–water partition coefficient (Wildman–Crippen LogP) is 3.69. The van der Waals surface area contributed by atoms with Gasteiger partial charge in [-0.25, -0.2) is 0 Å². The number of rotatable bonds is 0. The Morgan fingerprint density at radius 1 is 1.43 bits per heavy atom.